The summed E-state index contributed by atoms with van der Waals surface area (Å²) in [5, 5.41) is 1.22. The number of para-hydroxylation sites is 1. The minimum Gasteiger partial charge on any atom is -0.360 e. The Kier molecular flexibility index (Phi) is 2.00. The van der Waals surface area contributed by atoms with Crippen LogP contribution in [0.4, 0.5) is 0 Å². The highest BCUT2D eigenvalue weighted by atomic mass is 14.7. The lowest BCUT2D eigenvalue weighted by atomic mass is 10.1. The first-order chi connectivity index (χ1) is 7.84. The third-order valence-electron chi connectivity index (χ3n) is 2.78. The molecule has 0 radical (unpaired) electrons. The first-order valence-corrected chi connectivity index (χ1v) is 5.34. The first-order valence-electron chi connectivity index (χ1n) is 5.34. The number of hydrogen-bond acceptors (Lipinski definition) is 1. The minimum atomic E-state index is 1.02. The molecule has 0 fully saturated rings. The highest BCUT2D eigenvalue weighted by Crippen LogP contribution is 2.26. The number of fused-ring (bicyclic) bond motifs is 1. The number of nitrogens with zero attached hydrogens (tertiary/aromatic N) is 1. The van der Waals surface area contributed by atoms with E-state index < -0.39 is 0 Å². The van der Waals surface area contributed by atoms with Crippen LogP contribution in [0.25, 0.3) is 22.2 Å². The third-order valence-corrected chi connectivity index (χ3v) is 2.78. The average Bonchev–Trinajstić information content (AvgIpc) is 2.74. The Labute approximate surface area is 94.0 Å². The molecule has 1 N–H and O–H groups in total. The molecule has 1 aromatic carbocycles. The Morgan fingerprint density at radius 2 is 1.94 bits per heavy atom. The van der Waals surface area contributed by atoms with Crippen molar-refractivity contribution in [2.75, 3.05) is 0 Å². The van der Waals surface area contributed by atoms with Crippen molar-refractivity contribution in [3.63, 3.8) is 0 Å². The molecule has 0 bridgehead atoms. The summed E-state index contributed by atoms with van der Waals surface area (Å²) in [5.74, 6) is 0. The fourth-order valence-corrected chi connectivity index (χ4v) is 1.91. The molecule has 0 aliphatic heterocycles. The topological polar surface area (TPSA) is 28.7 Å². The number of benzene rings is 1. The van der Waals surface area contributed by atoms with E-state index in [1.54, 1.807) is 0 Å². The van der Waals surface area contributed by atoms with Crippen molar-refractivity contribution in [3.8, 4) is 11.3 Å². The molecular weight excluding hydrogens is 196 g/mol. The molecule has 78 valence electrons. The molecule has 2 nitrogen and oxygen atoms in total. The van der Waals surface area contributed by atoms with Crippen molar-refractivity contribution >= 4 is 10.9 Å². The highest BCUT2D eigenvalue weighted by Gasteiger charge is 2.05. The van der Waals surface area contributed by atoms with Gasteiger partial charge in [-0.3, -0.25) is 4.98 Å². The maximum Gasteiger partial charge on any atom is 0.0723 e. The molecule has 0 saturated carbocycles. The summed E-state index contributed by atoms with van der Waals surface area (Å²) in [6.07, 6.45) is 3.92. The molecule has 0 aliphatic carbocycles. The molecular formula is C14H12N2. The zero-order chi connectivity index (χ0) is 11.0. The lowest BCUT2D eigenvalue weighted by Crippen LogP contribution is -1.82. The summed E-state index contributed by atoms with van der Waals surface area (Å²) in [5.41, 5.74) is 4.52. The van der Waals surface area contributed by atoms with Crippen LogP contribution in [0.3, 0.4) is 0 Å². The molecule has 16 heavy (non-hydrogen) atoms. The van der Waals surface area contributed by atoms with Gasteiger partial charge in [0.1, 0.15) is 0 Å². The second-order valence-electron chi connectivity index (χ2n) is 3.97. The first kappa shape index (κ1) is 9.16. The largest absolute Gasteiger partial charge is 0.360 e. The Bertz CT molecular complexity index is 621. The van der Waals surface area contributed by atoms with Gasteiger partial charge < -0.3 is 4.98 Å². The van der Waals surface area contributed by atoms with Crippen LogP contribution in [0.1, 0.15) is 5.56 Å². The van der Waals surface area contributed by atoms with E-state index in [9.17, 15) is 0 Å². The van der Waals surface area contributed by atoms with Gasteiger partial charge in [-0.2, -0.15) is 0 Å². The van der Waals surface area contributed by atoms with Gasteiger partial charge in [-0.1, -0.05) is 24.3 Å². The minimum absolute atomic E-state index is 1.02. The van der Waals surface area contributed by atoms with Gasteiger partial charge in [0.15, 0.2) is 0 Å². The second kappa shape index (κ2) is 3.49. The maximum absolute atomic E-state index is 4.45. The molecule has 2 heterocycles. The van der Waals surface area contributed by atoms with Gasteiger partial charge in [0.25, 0.3) is 0 Å². The summed E-state index contributed by atoms with van der Waals surface area (Å²) in [4.78, 5) is 7.71. The number of aromatic nitrogens is 2. The fourth-order valence-electron chi connectivity index (χ4n) is 1.91. The van der Waals surface area contributed by atoms with E-state index in [0.717, 1.165) is 16.8 Å². The zero-order valence-corrected chi connectivity index (χ0v) is 9.07. The average molecular weight is 208 g/mol. The number of aryl methyl sites for hydroxylation is 1. The lowest BCUT2D eigenvalue weighted by Gasteiger charge is -1.99. The van der Waals surface area contributed by atoms with Gasteiger partial charge in [-0.25, -0.2) is 0 Å². The van der Waals surface area contributed by atoms with E-state index in [-0.39, 0.29) is 0 Å². The Morgan fingerprint density at radius 1 is 1.06 bits per heavy atom. The van der Waals surface area contributed by atoms with Crippen LogP contribution >= 0.6 is 0 Å². The molecule has 2 aromatic heterocycles. The van der Waals surface area contributed by atoms with Gasteiger partial charge in [-0.15, -0.1) is 0 Å². The molecule has 3 rings (SSSR count). The van der Waals surface area contributed by atoms with E-state index in [1.807, 2.05) is 31.5 Å². The van der Waals surface area contributed by atoms with Crippen molar-refractivity contribution in [2.45, 2.75) is 6.92 Å². The number of rotatable bonds is 1. The molecule has 0 saturated heterocycles. The summed E-state index contributed by atoms with van der Waals surface area (Å²) in [6.45, 7) is 2.05. The van der Waals surface area contributed by atoms with E-state index in [2.05, 4.69) is 34.2 Å². The molecule has 3 aromatic rings. The van der Waals surface area contributed by atoms with Crippen molar-refractivity contribution in [1.82, 2.24) is 9.97 Å². The van der Waals surface area contributed by atoms with Gasteiger partial charge in [-0.05, 0) is 24.6 Å². The number of nitrogens with one attached hydrogen (secondary N) is 1. The van der Waals surface area contributed by atoms with Crippen LogP contribution in [0.15, 0.2) is 48.8 Å². The summed E-state index contributed by atoms with van der Waals surface area (Å²) < 4.78 is 0. The quantitative estimate of drug-likeness (QED) is 0.651. The summed E-state index contributed by atoms with van der Waals surface area (Å²) in [7, 11) is 0. The molecule has 0 unspecified atom stereocenters. The SMILES string of the molecule is Cc1ccc(-c2c[nH]c3ccccc23)nc1. The van der Waals surface area contributed by atoms with Crippen molar-refractivity contribution in [3.05, 3.63) is 54.4 Å². The van der Waals surface area contributed by atoms with E-state index in [4.69, 9.17) is 0 Å². The number of pyridine rings is 1. The normalized spacial score (nSPS) is 10.8. The van der Waals surface area contributed by atoms with Crippen molar-refractivity contribution < 1.29 is 0 Å². The van der Waals surface area contributed by atoms with Crippen LogP contribution in [0, 0.1) is 6.92 Å². The van der Waals surface area contributed by atoms with Crippen LogP contribution in [0.2, 0.25) is 0 Å². The second-order valence-corrected chi connectivity index (χ2v) is 3.97. The molecule has 0 spiro atoms. The van der Waals surface area contributed by atoms with E-state index >= 15 is 0 Å². The van der Waals surface area contributed by atoms with Gasteiger partial charge in [0.2, 0.25) is 0 Å². The van der Waals surface area contributed by atoms with Gasteiger partial charge in [0.05, 0.1) is 5.69 Å². The van der Waals surface area contributed by atoms with Crippen LogP contribution < -0.4 is 0 Å². The number of aromatic amines is 1. The van der Waals surface area contributed by atoms with Crippen LogP contribution in [-0.2, 0) is 0 Å². The Morgan fingerprint density at radius 3 is 2.75 bits per heavy atom. The molecule has 0 aliphatic rings. The molecule has 0 amide bonds. The van der Waals surface area contributed by atoms with Gasteiger partial charge >= 0.3 is 0 Å². The Balaban J connectivity index is 2.22. The Hall–Kier alpha value is -2.09. The lowest BCUT2D eigenvalue weighted by molar-refractivity contribution is 1.27. The van der Waals surface area contributed by atoms with Gasteiger partial charge in [0, 0.05) is 28.9 Å². The molecule has 2 heteroatoms. The third kappa shape index (κ3) is 1.39. The smallest absolute Gasteiger partial charge is 0.0723 e. The molecule has 0 atom stereocenters. The number of hydrogen-bond donors (Lipinski definition) is 1. The summed E-state index contributed by atoms with van der Waals surface area (Å²) in [6, 6.07) is 12.4. The highest BCUT2D eigenvalue weighted by molar-refractivity contribution is 5.94. The maximum atomic E-state index is 4.45. The fraction of sp³-hybridized carbons (Fsp3) is 0.0714. The zero-order valence-electron chi connectivity index (χ0n) is 9.07. The van der Waals surface area contributed by atoms with Crippen molar-refractivity contribution in [1.29, 1.82) is 0 Å². The predicted octanol–water partition coefficient (Wildman–Crippen LogP) is 3.54. The number of H-pyrrole nitrogens is 1. The van der Waals surface area contributed by atoms with E-state index in [1.165, 1.54) is 10.9 Å². The monoisotopic (exact) mass is 208 g/mol. The van der Waals surface area contributed by atoms with Crippen molar-refractivity contribution in [2.24, 2.45) is 0 Å². The summed E-state index contributed by atoms with van der Waals surface area (Å²) >= 11 is 0. The van der Waals surface area contributed by atoms with E-state index in [0.29, 0.717) is 0 Å². The van der Waals surface area contributed by atoms with Crippen LogP contribution in [-0.4, -0.2) is 9.97 Å². The van der Waals surface area contributed by atoms with Crippen LogP contribution in [0.5, 0.6) is 0 Å². The predicted molar refractivity (Wildman–Crippen MR) is 66.3 cm³/mol. The standard InChI is InChI=1S/C14H12N2/c1-10-6-7-14(15-8-10)12-9-16-13-5-3-2-4-11(12)13/h2-9,16H,1H3.